The van der Waals surface area contributed by atoms with E-state index in [1.165, 1.54) is 80.7 Å². The van der Waals surface area contributed by atoms with Gasteiger partial charge >= 0.3 is 131 Å². The molecule has 1 radical (unpaired) electrons. The molecule has 0 saturated heterocycles. The Labute approximate surface area is 131 Å². The van der Waals surface area contributed by atoms with Crippen LogP contribution in [0.1, 0.15) is 78.1 Å². The van der Waals surface area contributed by atoms with Crippen LogP contribution in [0, 0.1) is 0 Å². The fourth-order valence-corrected chi connectivity index (χ4v) is 2.87. The van der Waals surface area contributed by atoms with Crippen molar-refractivity contribution in [2.24, 2.45) is 0 Å². The second-order valence-electron chi connectivity index (χ2n) is 5.08. The van der Waals surface area contributed by atoms with Crippen molar-refractivity contribution < 1.29 is 0 Å². The van der Waals surface area contributed by atoms with E-state index >= 15 is 0 Å². The molecule has 0 heterocycles. The third-order valence-corrected chi connectivity index (χ3v) is 4.40. The van der Waals surface area contributed by atoms with Crippen molar-refractivity contribution in [1.29, 1.82) is 0 Å². The molecular weight excluding hydrogens is 352 g/mol. The molecule has 0 atom stereocenters. The molecule has 0 spiro atoms. The number of unbranched alkanes of at least 4 members (excludes halogenated alkanes) is 8. The van der Waals surface area contributed by atoms with Gasteiger partial charge in [0.1, 0.15) is 0 Å². The summed E-state index contributed by atoms with van der Waals surface area (Å²) in [5.41, 5.74) is 0. The first kappa shape index (κ1) is 18.7. The van der Waals surface area contributed by atoms with E-state index in [-0.39, 0.29) is 0 Å². The predicted molar refractivity (Wildman–Crippen MR) is 85.6 cm³/mol. The van der Waals surface area contributed by atoms with Gasteiger partial charge in [-0.25, -0.2) is 0 Å². The van der Waals surface area contributed by atoms with Crippen LogP contribution >= 0.6 is 0 Å². The number of hydrogen-bond acceptors (Lipinski definition) is 1. The number of hydrogen-bond donors (Lipinski definition) is 0. The molecule has 107 valence electrons. The normalized spacial score (nSPS) is 10.6. The van der Waals surface area contributed by atoms with Gasteiger partial charge in [0.2, 0.25) is 0 Å². The first-order chi connectivity index (χ1) is 8.72. The first-order valence-corrected chi connectivity index (χ1v) is 9.39. The molecule has 18 heavy (non-hydrogen) atoms. The summed E-state index contributed by atoms with van der Waals surface area (Å²) in [6.07, 6.45) is 13.7. The maximum atomic E-state index is 3.13. The first-order valence-electron chi connectivity index (χ1n) is 7.68. The van der Waals surface area contributed by atoms with Crippen molar-refractivity contribution in [2.75, 3.05) is 13.1 Å². The molecule has 0 aliphatic heterocycles. The van der Waals surface area contributed by atoms with Gasteiger partial charge in [-0.1, -0.05) is 0 Å². The molecule has 0 aliphatic carbocycles. The maximum absolute atomic E-state index is 3.13. The monoisotopic (exact) mass is 384 g/mol. The predicted octanol–water partition coefficient (Wildman–Crippen LogP) is 3.65. The Balaban J connectivity index is 3.56. The van der Waals surface area contributed by atoms with Crippen LogP contribution in [0.3, 0.4) is 0 Å². The van der Waals surface area contributed by atoms with Crippen LogP contribution in [0.2, 0.25) is 0 Å². The van der Waals surface area contributed by atoms with E-state index in [4.69, 9.17) is 0 Å². The van der Waals surface area contributed by atoms with Crippen LogP contribution < -0.4 is 0 Å². The Hall–Kier alpha value is 0.709. The molecule has 1 nitrogen and oxygen atoms in total. The zero-order valence-corrected chi connectivity index (χ0v) is 15.7. The van der Waals surface area contributed by atoms with Gasteiger partial charge in [-0.3, -0.25) is 0 Å². The molecule has 0 rings (SSSR count). The van der Waals surface area contributed by atoms with E-state index in [2.05, 4.69) is 50.3 Å². The van der Waals surface area contributed by atoms with Crippen molar-refractivity contribution >= 4 is 35.0 Å². The van der Waals surface area contributed by atoms with Crippen LogP contribution in [-0.4, -0.2) is 53.0 Å². The molecule has 3 heteroatoms. The van der Waals surface area contributed by atoms with Gasteiger partial charge in [0.25, 0.3) is 0 Å². The minimum atomic E-state index is 1.22. The van der Waals surface area contributed by atoms with Crippen LogP contribution in [0.25, 0.3) is 0 Å². The van der Waals surface area contributed by atoms with Crippen molar-refractivity contribution in [3.05, 3.63) is 0 Å². The summed E-state index contributed by atoms with van der Waals surface area (Å²) in [5, 5.41) is 0. The molecule has 0 aromatic carbocycles. The van der Waals surface area contributed by atoms with Gasteiger partial charge < -0.3 is 0 Å². The molecule has 0 fully saturated rings. The van der Waals surface area contributed by atoms with Crippen LogP contribution in [-0.2, 0) is 0 Å². The molecule has 0 aromatic heterocycles. The van der Waals surface area contributed by atoms with Gasteiger partial charge in [-0.15, -0.1) is 0 Å². The molecular formula is C15H30NSe2. The molecule has 0 unspecified atom stereocenters. The van der Waals surface area contributed by atoms with Crippen LogP contribution in [0.15, 0.2) is 0 Å². The molecule has 0 aromatic rings. The molecule has 0 N–H and O–H groups in total. The Kier molecular flexibility index (Phi) is 14.7. The topological polar surface area (TPSA) is 3.24 Å². The summed E-state index contributed by atoms with van der Waals surface area (Å²) in [5.74, 6) is 0. The third-order valence-electron chi connectivity index (χ3n) is 3.32. The summed E-state index contributed by atoms with van der Waals surface area (Å²) >= 11 is 6.26. The van der Waals surface area contributed by atoms with Crippen LogP contribution in [0.5, 0.6) is 0 Å². The standard InChI is InChI=1S/C15H30NSe2/c1-3-5-7-9-11-13-16(15(17)18)14-12-10-8-6-4-2/h3-14H2,1-2H3. The molecule has 0 amide bonds. The summed E-state index contributed by atoms with van der Waals surface area (Å²) in [7, 11) is 0. The fraction of sp³-hybridized carbons (Fsp3) is 0.933. The van der Waals surface area contributed by atoms with Crippen LogP contribution in [0.4, 0.5) is 0 Å². The Bertz CT molecular complexity index is 181. The second kappa shape index (κ2) is 14.1. The minimum absolute atomic E-state index is 1.22. The zero-order chi connectivity index (χ0) is 13.6. The third kappa shape index (κ3) is 11.8. The second-order valence-corrected chi connectivity index (χ2v) is 8.01. The summed E-state index contributed by atoms with van der Waals surface area (Å²) in [6.45, 7) is 6.98. The van der Waals surface area contributed by atoms with Gasteiger partial charge in [0.05, 0.1) is 0 Å². The van der Waals surface area contributed by atoms with E-state index in [1.807, 2.05) is 0 Å². The van der Waals surface area contributed by atoms with Gasteiger partial charge in [-0.05, 0) is 0 Å². The van der Waals surface area contributed by atoms with E-state index < -0.39 is 0 Å². The Morgan fingerprint density at radius 1 is 0.722 bits per heavy atom. The zero-order valence-electron chi connectivity index (χ0n) is 12.2. The number of rotatable bonds is 13. The quantitative estimate of drug-likeness (QED) is 0.347. The van der Waals surface area contributed by atoms with Gasteiger partial charge in [-0.2, -0.15) is 0 Å². The number of nitrogens with zero attached hydrogens (tertiary/aromatic N) is 1. The van der Waals surface area contributed by atoms with Crippen molar-refractivity contribution in [3.63, 3.8) is 0 Å². The summed E-state index contributed by atoms with van der Waals surface area (Å²) in [6, 6.07) is 0. The van der Waals surface area contributed by atoms with Crippen molar-refractivity contribution in [1.82, 2.24) is 4.90 Å². The van der Waals surface area contributed by atoms with E-state index in [0.717, 1.165) is 0 Å². The van der Waals surface area contributed by atoms with Crippen molar-refractivity contribution in [2.45, 2.75) is 78.1 Å². The van der Waals surface area contributed by atoms with E-state index in [0.29, 0.717) is 0 Å². The SMILES string of the molecule is CCCCCCCN(CCCCCCC)C([Se])=[Se]. The van der Waals surface area contributed by atoms with Gasteiger partial charge in [0.15, 0.2) is 0 Å². The molecule has 0 aliphatic rings. The van der Waals surface area contributed by atoms with Gasteiger partial charge in [0, 0.05) is 0 Å². The fourth-order valence-electron chi connectivity index (χ4n) is 2.11. The van der Waals surface area contributed by atoms with E-state index in [9.17, 15) is 0 Å². The van der Waals surface area contributed by atoms with E-state index in [1.54, 1.807) is 0 Å². The van der Waals surface area contributed by atoms with Crippen molar-refractivity contribution in [3.8, 4) is 0 Å². The molecule has 0 bridgehead atoms. The molecule has 0 saturated carbocycles. The summed E-state index contributed by atoms with van der Waals surface area (Å²) in [4.78, 5) is 2.48. The average Bonchev–Trinajstić information content (AvgIpc) is 2.35. The Morgan fingerprint density at radius 3 is 1.44 bits per heavy atom. The average molecular weight is 382 g/mol. The Morgan fingerprint density at radius 2 is 1.11 bits per heavy atom. The summed E-state index contributed by atoms with van der Waals surface area (Å²) < 4.78 is 1.25.